The molecule has 21 heavy (non-hydrogen) atoms. The highest BCUT2D eigenvalue weighted by molar-refractivity contribution is 5.51. The molecule has 2 rings (SSSR count). The SMILES string of the molecule is CCC1(CC)CN(c2c(F)c(F)c(F)c(F)c2F)CCN1. The van der Waals surface area contributed by atoms with Gasteiger partial charge in [0.15, 0.2) is 23.3 Å². The van der Waals surface area contributed by atoms with Crippen LogP contribution in [0.3, 0.4) is 0 Å². The van der Waals surface area contributed by atoms with Gasteiger partial charge in [-0.2, -0.15) is 0 Å². The minimum Gasteiger partial charge on any atom is -0.363 e. The van der Waals surface area contributed by atoms with Gasteiger partial charge in [0.25, 0.3) is 0 Å². The van der Waals surface area contributed by atoms with Crippen molar-refractivity contribution in [2.45, 2.75) is 32.2 Å². The Bertz CT molecular complexity index is 514. The van der Waals surface area contributed by atoms with E-state index in [-0.39, 0.29) is 13.1 Å². The minimum absolute atomic E-state index is 0.181. The molecule has 0 saturated carbocycles. The van der Waals surface area contributed by atoms with Crippen molar-refractivity contribution in [2.24, 2.45) is 0 Å². The maximum atomic E-state index is 13.9. The zero-order valence-corrected chi connectivity index (χ0v) is 11.9. The monoisotopic (exact) mass is 308 g/mol. The minimum atomic E-state index is -2.12. The van der Waals surface area contributed by atoms with Gasteiger partial charge in [-0.25, -0.2) is 22.0 Å². The van der Waals surface area contributed by atoms with Crippen LogP contribution in [0.4, 0.5) is 27.6 Å². The fraction of sp³-hybridized carbons (Fsp3) is 0.571. The second kappa shape index (κ2) is 5.79. The summed E-state index contributed by atoms with van der Waals surface area (Å²) in [6, 6.07) is 0. The van der Waals surface area contributed by atoms with E-state index >= 15 is 0 Å². The normalized spacial score (nSPS) is 18.1. The lowest BCUT2D eigenvalue weighted by Crippen LogP contribution is -2.60. The zero-order chi connectivity index (χ0) is 15.8. The van der Waals surface area contributed by atoms with E-state index in [1.165, 1.54) is 4.90 Å². The highest BCUT2D eigenvalue weighted by Gasteiger charge is 2.36. The molecule has 7 heteroatoms. The van der Waals surface area contributed by atoms with Crippen molar-refractivity contribution in [2.75, 3.05) is 24.5 Å². The predicted molar refractivity (Wildman–Crippen MR) is 69.8 cm³/mol. The van der Waals surface area contributed by atoms with Gasteiger partial charge < -0.3 is 10.2 Å². The molecule has 2 nitrogen and oxygen atoms in total. The Kier molecular flexibility index (Phi) is 4.41. The summed E-state index contributed by atoms with van der Waals surface area (Å²) < 4.78 is 67.4. The molecule has 0 amide bonds. The molecule has 1 aromatic rings. The molecule has 0 aromatic heterocycles. The summed E-state index contributed by atoms with van der Waals surface area (Å²) in [5.74, 6) is -9.47. The average Bonchev–Trinajstić information content (AvgIpc) is 2.51. The molecule has 0 unspecified atom stereocenters. The van der Waals surface area contributed by atoms with E-state index in [2.05, 4.69) is 5.32 Å². The third kappa shape index (κ3) is 2.59. The highest BCUT2D eigenvalue weighted by Crippen LogP contribution is 2.33. The van der Waals surface area contributed by atoms with Crippen LogP contribution in [0.15, 0.2) is 0 Å². The van der Waals surface area contributed by atoms with Crippen LogP contribution in [-0.4, -0.2) is 25.2 Å². The lowest BCUT2D eigenvalue weighted by atomic mass is 9.90. The van der Waals surface area contributed by atoms with Crippen LogP contribution in [0.2, 0.25) is 0 Å². The summed E-state index contributed by atoms with van der Waals surface area (Å²) >= 11 is 0. The smallest absolute Gasteiger partial charge is 0.200 e. The maximum Gasteiger partial charge on any atom is 0.200 e. The Morgan fingerprint density at radius 2 is 1.38 bits per heavy atom. The number of benzene rings is 1. The first kappa shape index (κ1) is 16.0. The number of nitrogens with one attached hydrogen (secondary N) is 1. The van der Waals surface area contributed by atoms with Gasteiger partial charge in [0.2, 0.25) is 5.82 Å². The summed E-state index contributed by atoms with van der Waals surface area (Å²) in [7, 11) is 0. The van der Waals surface area contributed by atoms with E-state index in [1.807, 2.05) is 13.8 Å². The predicted octanol–water partition coefficient (Wildman–Crippen LogP) is 3.35. The number of hydrogen-bond acceptors (Lipinski definition) is 2. The Balaban J connectivity index is 2.47. The van der Waals surface area contributed by atoms with Gasteiger partial charge in [-0.3, -0.25) is 0 Å². The lowest BCUT2D eigenvalue weighted by Gasteiger charge is -2.44. The van der Waals surface area contributed by atoms with Crippen molar-refractivity contribution in [3.8, 4) is 0 Å². The first-order valence-corrected chi connectivity index (χ1v) is 6.88. The molecule has 1 N–H and O–H groups in total. The van der Waals surface area contributed by atoms with Crippen LogP contribution < -0.4 is 10.2 Å². The molecule has 0 aliphatic carbocycles. The third-order valence-corrected chi connectivity index (χ3v) is 4.23. The fourth-order valence-electron chi connectivity index (χ4n) is 2.74. The van der Waals surface area contributed by atoms with Gasteiger partial charge in [-0.05, 0) is 12.8 Å². The largest absolute Gasteiger partial charge is 0.363 e. The number of halogens is 5. The van der Waals surface area contributed by atoms with Crippen LogP contribution in [0, 0.1) is 29.1 Å². The zero-order valence-electron chi connectivity index (χ0n) is 11.9. The number of hydrogen-bond donors (Lipinski definition) is 1. The van der Waals surface area contributed by atoms with Crippen LogP contribution in [0.25, 0.3) is 0 Å². The molecule has 1 aromatic carbocycles. The summed E-state index contributed by atoms with van der Waals surface area (Å²) in [6.45, 7) is 4.62. The molecular formula is C14H17F5N2. The molecule has 1 aliphatic heterocycles. The van der Waals surface area contributed by atoms with Crippen molar-refractivity contribution in [1.82, 2.24) is 5.32 Å². The van der Waals surface area contributed by atoms with E-state index in [0.717, 1.165) is 0 Å². The van der Waals surface area contributed by atoms with E-state index in [1.54, 1.807) is 0 Å². The topological polar surface area (TPSA) is 15.3 Å². The summed E-state index contributed by atoms with van der Waals surface area (Å²) in [6.07, 6.45) is 1.38. The van der Waals surface area contributed by atoms with Crippen molar-refractivity contribution in [3.63, 3.8) is 0 Å². The highest BCUT2D eigenvalue weighted by atomic mass is 19.2. The van der Waals surface area contributed by atoms with Gasteiger partial charge in [0.05, 0.1) is 0 Å². The molecule has 1 aliphatic rings. The Labute approximate surface area is 119 Å². The Morgan fingerprint density at radius 3 is 1.86 bits per heavy atom. The van der Waals surface area contributed by atoms with Gasteiger partial charge >= 0.3 is 0 Å². The van der Waals surface area contributed by atoms with Crippen LogP contribution in [0.1, 0.15) is 26.7 Å². The Morgan fingerprint density at radius 1 is 0.905 bits per heavy atom. The second-order valence-corrected chi connectivity index (χ2v) is 5.25. The lowest BCUT2D eigenvalue weighted by molar-refractivity contribution is 0.273. The van der Waals surface area contributed by atoms with E-state index < -0.39 is 40.3 Å². The van der Waals surface area contributed by atoms with Crippen molar-refractivity contribution in [1.29, 1.82) is 0 Å². The molecule has 0 bridgehead atoms. The van der Waals surface area contributed by atoms with Gasteiger partial charge in [-0.1, -0.05) is 13.8 Å². The molecule has 1 heterocycles. The van der Waals surface area contributed by atoms with Crippen LogP contribution in [0.5, 0.6) is 0 Å². The molecule has 0 radical (unpaired) electrons. The standard InChI is InChI=1S/C14H17F5N2/c1-3-14(4-2)7-21(6-5-20-14)13-11(18)9(16)8(15)10(17)12(13)19/h20H,3-7H2,1-2H3. The van der Waals surface area contributed by atoms with E-state index in [9.17, 15) is 22.0 Å². The third-order valence-electron chi connectivity index (χ3n) is 4.23. The summed E-state index contributed by atoms with van der Waals surface area (Å²) in [5, 5.41) is 3.26. The van der Waals surface area contributed by atoms with Crippen LogP contribution in [-0.2, 0) is 0 Å². The Hall–Kier alpha value is -1.37. The van der Waals surface area contributed by atoms with Gasteiger partial charge in [0.1, 0.15) is 5.69 Å². The summed E-state index contributed by atoms with van der Waals surface area (Å²) in [4.78, 5) is 1.24. The molecule has 1 saturated heterocycles. The quantitative estimate of drug-likeness (QED) is 0.523. The van der Waals surface area contributed by atoms with Gasteiger partial charge in [-0.15, -0.1) is 0 Å². The van der Waals surface area contributed by atoms with Crippen LogP contribution >= 0.6 is 0 Å². The number of rotatable bonds is 3. The number of anilines is 1. The molecule has 0 atom stereocenters. The van der Waals surface area contributed by atoms with Crippen molar-refractivity contribution >= 4 is 5.69 Å². The molecule has 118 valence electrons. The summed E-state index contributed by atoms with van der Waals surface area (Å²) in [5.41, 5.74) is -1.22. The molecule has 0 spiro atoms. The fourth-order valence-corrected chi connectivity index (χ4v) is 2.74. The van der Waals surface area contributed by atoms with E-state index in [0.29, 0.717) is 19.4 Å². The number of piperazine rings is 1. The maximum absolute atomic E-state index is 13.9. The van der Waals surface area contributed by atoms with E-state index in [4.69, 9.17) is 0 Å². The first-order valence-electron chi connectivity index (χ1n) is 6.88. The average molecular weight is 308 g/mol. The first-order chi connectivity index (χ1) is 9.87. The second-order valence-electron chi connectivity index (χ2n) is 5.25. The van der Waals surface area contributed by atoms with Crippen molar-refractivity contribution in [3.05, 3.63) is 29.1 Å². The van der Waals surface area contributed by atoms with Gasteiger partial charge in [0, 0.05) is 25.2 Å². The van der Waals surface area contributed by atoms with Crippen molar-refractivity contribution < 1.29 is 22.0 Å². The molecular weight excluding hydrogens is 291 g/mol. The molecule has 1 fully saturated rings. The number of nitrogens with zero attached hydrogens (tertiary/aromatic N) is 1.